The average Bonchev–Trinajstić information content (AvgIpc) is 3.43. The van der Waals surface area contributed by atoms with Crippen LogP contribution in [0.5, 0.6) is 0 Å². The van der Waals surface area contributed by atoms with E-state index in [9.17, 15) is 14.4 Å². The van der Waals surface area contributed by atoms with Gasteiger partial charge in [0.2, 0.25) is 5.91 Å². The van der Waals surface area contributed by atoms with Gasteiger partial charge in [-0.25, -0.2) is 9.38 Å². The molecule has 1 N–H and O–H groups in total. The Labute approximate surface area is 201 Å². The van der Waals surface area contributed by atoms with Crippen LogP contribution in [0.2, 0.25) is 5.02 Å². The van der Waals surface area contributed by atoms with Gasteiger partial charge in [-0.05, 0) is 36.4 Å². The summed E-state index contributed by atoms with van der Waals surface area (Å²) >= 11 is 7.18. The monoisotopic (exact) mass is 486 g/mol. The number of halogens is 1. The molecule has 0 spiro atoms. The minimum Gasteiger partial charge on any atom is -0.324 e. The number of nitrogens with one attached hydrogen (secondary N) is 1. The Kier molecular flexibility index (Phi) is 4.72. The summed E-state index contributed by atoms with van der Waals surface area (Å²) in [7, 11) is 0. The molecule has 9 heteroatoms. The number of benzene rings is 3. The zero-order valence-electron chi connectivity index (χ0n) is 17.5. The van der Waals surface area contributed by atoms with Crippen LogP contribution in [0.3, 0.4) is 0 Å². The van der Waals surface area contributed by atoms with Crippen molar-refractivity contribution in [1.29, 1.82) is 0 Å². The second kappa shape index (κ2) is 7.79. The molecule has 0 aliphatic carbocycles. The molecule has 0 bridgehead atoms. The first-order valence-electron chi connectivity index (χ1n) is 10.4. The molecule has 0 saturated heterocycles. The predicted molar refractivity (Wildman–Crippen MR) is 133 cm³/mol. The van der Waals surface area contributed by atoms with Gasteiger partial charge in [-0.15, -0.1) is 0 Å². The fourth-order valence-electron chi connectivity index (χ4n) is 4.23. The number of para-hydroxylation sites is 3. The van der Waals surface area contributed by atoms with Crippen molar-refractivity contribution in [3.63, 3.8) is 0 Å². The van der Waals surface area contributed by atoms with Crippen LogP contribution in [0.1, 0.15) is 5.56 Å². The number of amides is 2. The molecular weight excluding hydrogens is 472 g/mol. The lowest BCUT2D eigenvalue weighted by atomic mass is 10.1. The predicted octanol–water partition coefficient (Wildman–Crippen LogP) is 3.47. The van der Waals surface area contributed by atoms with Crippen LogP contribution >= 0.6 is 22.9 Å². The fraction of sp³-hybridized carbons (Fsp3) is 0.0400. The molecule has 2 aromatic heterocycles. The second-order valence-corrected chi connectivity index (χ2v) is 9.21. The van der Waals surface area contributed by atoms with E-state index in [1.165, 1.54) is 20.6 Å². The molecule has 1 aliphatic rings. The summed E-state index contributed by atoms with van der Waals surface area (Å²) in [5.41, 5.74) is 3.15. The minimum atomic E-state index is -0.395. The molecule has 0 radical (unpaired) electrons. The van der Waals surface area contributed by atoms with E-state index in [2.05, 4.69) is 10.3 Å². The second-order valence-electron chi connectivity index (χ2n) is 7.80. The van der Waals surface area contributed by atoms with Crippen molar-refractivity contribution < 1.29 is 9.59 Å². The normalized spacial score (nSPS) is 14.7. The van der Waals surface area contributed by atoms with E-state index < -0.39 is 5.91 Å². The summed E-state index contributed by atoms with van der Waals surface area (Å²) in [6, 6.07) is 21.3. The van der Waals surface area contributed by atoms with Crippen molar-refractivity contribution in [2.75, 3.05) is 16.8 Å². The molecule has 0 fully saturated rings. The zero-order chi connectivity index (χ0) is 23.4. The van der Waals surface area contributed by atoms with Crippen molar-refractivity contribution in [3.05, 3.63) is 98.3 Å². The Hall–Kier alpha value is -4.01. The van der Waals surface area contributed by atoms with Crippen molar-refractivity contribution in [3.8, 4) is 0 Å². The highest BCUT2D eigenvalue weighted by Crippen LogP contribution is 2.35. The van der Waals surface area contributed by atoms with Crippen LogP contribution in [0.25, 0.3) is 21.6 Å². The van der Waals surface area contributed by atoms with Crippen molar-refractivity contribution in [2.24, 2.45) is 0 Å². The summed E-state index contributed by atoms with van der Waals surface area (Å²) in [4.78, 5) is 46.2. The highest BCUT2D eigenvalue weighted by molar-refractivity contribution is 7.15. The van der Waals surface area contributed by atoms with E-state index >= 15 is 0 Å². The lowest BCUT2D eigenvalue weighted by Gasteiger charge is -2.16. The Bertz CT molecular complexity index is 1760. The number of thiazole rings is 1. The van der Waals surface area contributed by atoms with E-state index in [1.54, 1.807) is 48.5 Å². The molecule has 0 saturated carbocycles. The smallest absolute Gasteiger partial charge is 0.275 e. The number of hydrogen-bond acceptors (Lipinski definition) is 5. The molecule has 5 aromatic rings. The topological polar surface area (TPSA) is 83.8 Å². The molecular formula is C25H15ClN4O3S. The van der Waals surface area contributed by atoms with Crippen LogP contribution in [0.15, 0.2) is 77.6 Å². The molecule has 0 atom stereocenters. The lowest BCUT2D eigenvalue weighted by Crippen LogP contribution is -2.37. The van der Waals surface area contributed by atoms with Gasteiger partial charge in [0, 0.05) is 16.3 Å². The van der Waals surface area contributed by atoms with E-state index in [0.717, 1.165) is 5.52 Å². The third kappa shape index (κ3) is 3.19. The highest BCUT2D eigenvalue weighted by atomic mass is 35.5. The number of hydrogen-bond donors (Lipinski definition) is 1. The molecule has 6 rings (SSSR count). The summed E-state index contributed by atoms with van der Waals surface area (Å²) in [5.74, 6) is -0.769. The number of rotatable bonds is 3. The Morgan fingerprint density at radius 1 is 1.00 bits per heavy atom. The SMILES string of the molecule is O=C(CN1C(=O)/C(=c2\sc3nc4ccccc4n3c2=O)c2ccccc21)Nc1cccc(Cl)c1. The first-order valence-corrected chi connectivity index (χ1v) is 11.6. The molecule has 3 heterocycles. The van der Waals surface area contributed by atoms with Crippen LogP contribution in [0.4, 0.5) is 11.4 Å². The Morgan fingerprint density at radius 2 is 1.79 bits per heavy atom. The summed E-state index contributed by atoms with van der Waals surface area (Å²) < 4.78 is 1.84. The van der Waals surface area contributed by atoms with Gasteiger partial charge in [-0.1, -0.05) is 59.3 Å². The molecule has 3 aromatic carbocycles. The van der Waals surface area contributed by atoms with Crippen LogP contribution in [0, 0.1) is 0 Å². The largest absolute Gasteiger partial charge is 0.324 e. The Morgan fingerprint density at radius 3 is 2.65 bits per heavy atom. The number of aromatic nitrogens is 2. The highest BCUT2D eigenvalue weighted by Gasteiger charge is 2.35. The number of nitrogens with zero attached hydrogens (tertiary/aromatic N) is 3. The van der Waals surface area contributed by atoms with Gasteiger partial charge in [0.05, 0.1) is 22.3 Å². The molecule has 166 valence electrons. The maximum Gasteiger partial charge on any atom is 0.275 e. The lowest BCUT2D eigenvalue weighted by molar-refractivity contribution is -0.118. The van der Waals surface area contributed by atoms with E-state index in [1.807, 2.05) is 24.3 Å². The van der Waals surface area contributed by atoms with E-state index in [-0.39, 0.29) is 23.6 Å². The van der Waals surface area contributed by atoms with Gasteiger partial charge in [0.25, 0.3) is 11.5 Å². The zero-order valence-corrected chi connectivity index (χ0v) is 19.1. The van der Waals surface area contributed by atoms with Gasteiger partial charge in [0.15, 0.2) is 4.96 Å². The molecule has 0 unspecified atom stereocenters. The summed E-state index contributed by atoms with van der Waals surface area (Å²) in [5, 5.41) is 3.26. The number of fused-ring (bicyclic) bond motifs is 4. The molecule has 34 heavy (non-hydrogen) atoms. The van der Waals surface area contributed by atoms with Gasteiger partial charge >= 0.3 is 0 Å². The van der Waals surface area contributed by atoms with E-state index in [0.29, 0.717) is 37.0 Å². The molecule has 7 nitrogen and oxygen atoms in total. The van der Waals surface area contributed by atoms with Crippen LogP contribution in [-0.2, 0) is 9.59 Å². The fourth-order valence-corrected chi connectivity index (χ4v) is 5.50. The van der Waals surface area contributed by atoms with E-state index in [4.69, 9.17) is 11.6 Å². The standard InChI is InChI=1S/C25H15ClN4O3S/c26-14-6-5-7-15(12-14)27-20(31)13-29-18-10-3-1-8-16(18)21(23(29)32)22-24(33)30-19-11-4-2-9-17(19)28-25(30)34-22/h1-12H,13H2,(H,27,31)/b22-21-. The van der Waals surface area contributed by atoms with Crippen LogP contribution in [-0.4, -0.2) is 27.7 Å². The van der Waals surface area contributed by atoms with Gasteiger partial charge in [-0.3, -0.25) is 19.3 Å². The quantitative estimate of drug-likeness (QED) is 0.423. The maximum atomic E-state index is 13.5. The summed E-state index contributed by atoms with van der Waals surface area (Å²) in [6.07, 6.45) is 0. The van der Waals surface area contributed by atoms with Crippen LogP contribution < -0.4 is 20.3 Å². The minimum absolute atomic E-state index is 0.203. The molecule has 2 amide bonds. The van der Waals surface area contributed by atoms with Gasteiger partial charge < -0.3 is 5.32 Å². The summed E-state index contributed by atoms with van der Waals surface area (Å²) in [6.45, 7) is -0.203. The first-order chi connectivity index (χ1) is 16.5. The third-order valence-corrected chi connectivity index (χ3v) is 6.96. The number of imidazole rings is 1. The Balaban J connectivity index is 1.45. The van der Waals surface area contributed by atoms with Crippen molar-refractivity contribution in [1.82, 2.24) is 9.38 Å². The average molecular weight is 487 g/mol. The number of carbonyl (C=O) groups excluding carboxylic acids is 2. The molecule has 1 aliphatic heterocycles. The third-order valence-electron chi connectivity index (χ3n) is 5.68. The number of carbonyl (C=O) groups is 2. The van der Waals surface area contributed by atoms with Crippen molar-refractivity contribution >= 4 is 67.7 Å². The maximum absolute atomic E-state index is 13.5. The number of anilines is 2. The van der Waals surface area contributed by atoms with Gasteiger partial charge in [-0.2, -0.15) is 0 Å². The van der Waals surface area contributed by atoms with Gasteiger partial charge in [0.1, 0.15) is 11.1 Å². The first kappa shape index (κ1) is 20.6. The van der Waals surface area contributed by atoms with Crippen molar-refractivity contribution in [2.45, 2.75) is 0 Å².